The summed E-state index contributed by atoms with van der Waals surface area (Å²) >= 11 is 6.25. The third-order valence-corrected chi connectivity index (χ3v) is 3.74. The van der Waals surface area contributed by atoms with Crippen molar-refractivity contribution < 1.29 is 5.11 Å². The van der Waals surface area contributed by atoms with E-state index in [-0.39, 0.29) is 0 Å². The zero-order valence-corrected chi connectivity index (χ0v) is 12.1. The lowest BCUT2D eigenvalue weighted by atomic mass is 10.0. The highest BCUT2D eigenvalue weighted by Gasteiger charge is 2.18. The molecule has 0 bridgehead atoms. The maximum atomic E-state index is 10.4. The Bertz CT molecular complexity index is 580. The standard InChI is InChI=1S/C14H18ClN3O/c1-4-18-12(14(15)10(3)17-18)8-13(19)11-6-5-7-16-9(11)2/h5-7,13,19H,4,8H2,1-3H3. The van der Waals surface area contributed by atoms with Crippen LogP contribution in [0.5, 0.6) is 0 Å². The fraction of sp³-hybridized carbons (Fsp3) is 0.429. The molecular formula is C14H18ClN3O. The molecule has 0 spiro atoms. The van der Waals surface area contributed by atoms with Gasteiger partial charge in [0.1, 0.15) is 0 Å². The second kappa shape index (κ2) is 5.72. The second-order valence-corrected chi connectivity index (χ2v) is 4.94. The molecule has 2 heterocycles. The molecule has 4 nitrogen and oxygen atoms in total. The number of nitrogens with zero attached hydrogens (tertiary/aromatic N) is 3. The number of halogens is 1. The second-order valence-electron chi connectivity index (χ2n) is 4.56. The van der Waals surface area contributed by atoms with Gasteiger partial charge in [0.15, 0.2) is 0 Å². The lowest BCUT2D eigenvalue weighted by Gasteiger charge is -2.14. The number of hydrogen-bond acceptors (Lipinski definition) is 3. The highest BCUT2D eigenvalue weighted by Crippen LogP contribution is 2.26. The van der Waals surface area contributed by atoms with Crippen molar-refractivity contribution in [3.8, 4) is 0 Å². The number of pyridine rings is 1. The third-order valence-electron chi connectivity index (χ3n) is 3.25. The third kappa shape index (κ3) is 2.80. The van der Waals surface area contributed by atoms with Crippen molar-refractivity contribution in [2.75, 3.05) is 0 Å². The summed E-state index contributed by atoms with van der Waals surface area (Å²) in [5.74, 6) is 0. The van der Waals surface area contributed by atoms with Crippen LogP contribution in [0.1, 0.15) is 35.7 Å². The smallest absolute Gasteiger partial charge is 0.0863 e. The van der Waals surface area contributed by atoms with Crippen LogP contribution in [0.2, 0.25) is 5.02 Å². The summed E-state index contributed by atoms with van der Waals surface area (Å²) < 4.78 is 1.84. The number of rotatable bonds is 4. The normalized spacial score (nSPS) is 12.7. The van der Waals surface area contributed by atoms with E-state index in [1.807, 2.05) is 37.6 Å². The van der Waals surface area contributed by atoms with Crippen molar-refractivity contribution in [3.63, 3.8) is 0 Å². The van der Waals surface area contributed by atoms with Gasteiger partial charge in [0.25, 0.3) is 0 Å². The van der Waals surface area contributed by atoms with Crippen molar-refractivity contribution >= 4 is 11.6 Å². The Kier molecular flexibility index (Phi) is 4.22. The highest BCUT2D eigenvalue weighted by atomic mass is 35.5. The Morgan fingerprint density at radius 2 is 2.11 bits per heavy atom. The van der Waals surface area contributed by atoms with Gasteiger partial charge in [0, 0.05) is 30.4 Å². The van der Waals surface area contributed by atoms with Crippen LogP contribution in [0.4, 0.5) is 0 Å². The number of aliphatic hydroxyl groups is 1. The quantitative estimate of drug-likeness (QED) is 0.936. The van der Waals surface area contributed by atoms with Crippen LogP contribution in [0, 0.1) is 13.8 Å². The van der Waals surface area contributed by atoms with Gasteiger partial charge >= 0.3 is 0 Å². The van der Waals surface area contributed by atoms with Crippen LogP contribution >= 0.6 is 11.6 Å². The molecule has 19 heavy (non-hydrogen) atoms. The van der Waals surface area contributed by atoms with E-state index < -0.39 is 6.10 Å². The van der Waals surface area contributed by atoms with E-state index in [4.69, 9.17) is 11.6 Å². The minimum Gasteiger partial charge on any atom is -0.388 e. The first kappa shape index (κ1) is 14.0. The molecule has 0 saturated heterocycles. The first-order chi connectivity index (χ1) is 9.04. The summed E-state index contributed by atoms with van der Waals surface area (Å²) in [6, 6.07) is 3.72. The van der Waals surface area contributed by atoms with Crippen LogP contribution in [-0.4, -0.2) is 19.9 Å². The van der Waals surface area contributed by atoms with Gasteiger partial charge in [-0.1, -0.05) is 17.7 Å². The van der Waals surface area contributed by atoms with E-state index in [2.05, 4.69) is 10.1 Å². The van der Waals surface area contributed by atoms with Crippen molar-refractivity contribution in [3.05, 3.63) is 46.0 Å². The molecule has 1 N–H and O–H groups in total. The van der Waals surface area contributed by atoms with E-state index in [0.717, 1.165) is 29.2 Å². The molecule has 0 amide bonds. The van der Waals surface area contributed by atoms with Crippen LogP contribution in [-0.2, 0) is 13.0 Å². The average Bonchev–Trinajstić information content (AvgIpc) is 2.67. The van der Waals surface area contributed by atoms with E-state index in [9.17, 15) is 5.11 Å². The van der Waals surface area contributed by atoms with Gasteiger partial charge < -0.3 is 5.11 Å². The van der Waals surface area contributed by atoms with Crippen LogP contribution < -0.4 is 0 Å². The maximum absolute atomic E-state index is 10.4. The zero-order valence-electron chi connectivity index (χ0n) is 11.4. The Morgan fingerprint density at radius 1 is 1.37 bits per heavy atom. The maximum Gasteiger partial charge on any atom is 0.0863 e. The number of aryl methyl sites for hydroxylation is 3. The molecule has 2 aromatic rings. The van der Waals surface area contributed by atoms with E-state index >= 15 is 0 Å². The molecule has 1 atom stereocenters. The molecule has 0 aromatic carbocycles. The summed E-state index contributed by atoms with van der Waals surface area (Å²) in [6.07, 6.45) is 1.55. The molecule has 0 aliphatic carbocycles. The summed E-state index contributed by atoms with van der Waals surface area (Å²) in [4.78, 5) is 4.20. The molecule has 2 aromatic heterocycles. The Morgan fingerprint density at radius 3 is 2.74 bits per heavy atom. The predicted octanol–water partition coefficient (Wildman–Crippen LogP) is 2.84. The number of hydrogen-bond donors (Lipinski definition) is 1. The van der Waals surface area contributed by atoms with Crippen LogP contribution in [0.3, 0.4) is 0 Å². The number of aromatic nitrogens is 3. The molecule has 0 radical (unpaired) electrons. The van der Waals surface area contributed by atoms with Gasteiger partial charge in [-0.15, -0.1) is 0 Å². The molecule has 0 saturated carbocycles. The topological polar surface area (TPSA) is 50.9 Å². The molecule has 102 valence electrons. The van der Waals surface area contributed by atoms with Crippen molar-refractivity contribution in [2.45, 2.75) is 39.8 Å². The Labute approximate surface area is 118 Å². The van der Waals surface area contributed by atoms with E-state index in [1.165, 1.54) is 0 Å². The van der Waals surface area contributed by atoms with Crippen LogP contribution in [0.15, 0.2) is 18.3 Å². The van der Waals surface area contributed by atoms with E-state index in [0.29, 0.717) is 11.4 Å². The summed E-state index contributed by atoms with van der Waals surface area (Å²) in [7, 11) is 0. The summed E-state index contributed by atoms with van der Waals surface area (Å²) in [5.41, 5.74) is 3.34. The lowest BCUT2D eigenvalue weighted by Crippen LogP contribution is -2.10. The van der Waals surface area contributed by atoms with Crippen molar-refractivity contribution in [2.24, 2.45) is 0 Å². The van der Waals surface area contributed by atoms with E-state index in [1.54, 1.807) is 6.20 Å². The molecule has 2 rings (SSSR count). The lowest BCUT2D eigenvalue weighted by molar-refractivity contribution is 0.174. The number of aliphatic hydroxyl groups excluding tert-OH is 1. The average molecular weight is 280 g/mol. The SMILES string of the molecule is CCn1nc(C)c(Cl)c1CC(O)c1cccnc1C. The first-order valence-electron chi connectivity index (χ1n) is 6.36. The van der Waals surface area contributed by atoms with Gasteiger partial charge in [-0.05, 0) is 26.8 Å². The van der Waals surface area contributed by atoms with Crippen molar-refractivity contribution in [1.82, 2.24) is 14.8 Å². The fourth-order valence-electron chi connectivity index (χ4n) is 2.21. The van der Waals surface area contributed by atoms with Gasteiger partial charge in [-0.2, -0.15) is 5.10 Å². The zero-order chi connectivity index (χ0) is 14.0. The largest absolute Gasteiger partial charge is 0.388 e. The fourth-order valence-corrected chi connectivity index (χ4v) is 2.42. The Balaban J connectivity index is 2.29. The monoisotopic (exact) mass is 279 g/mol. The van der Waals surface area contributed by atoms with Gasteiger partial charge in [0.05, 0.1) is 22.5 Å². The first-order valence-corrected chi connectivity index (χ1v) is 6.73. The predicted molar refractivity (Wildman–Crippen MR) is 75.3 cm³/mol. The molecule has 0 aliphatic rings. The van der Waals surface area contributed by atoms with Gasteiger partial charge in [-0.3, -0.25) is 9.67 Å². The molecule has 1 unspecified atom stereocenters. The minimum absolute atomic E-state index is 0.444. The molecular weight excluding hydrogens is 262 g/mol. The molecule has 0 aliphatic heterocycles. The summed E-state index contributed by atoms with van der Waals surface area (Å²) in [5, 5.41) is 15.4. The Hall–Kier alpha value is -1.39. The van der Waals surface area contributed by atoms with Gasteiger partial charge in [-0.25, -0.2) is 0 Å². The highest BCUT2D eigenvalue weighted by molar-refractivity contribution is 6.31. The minimum atomic E-state index is -0.618. The molecule has 5 heteroatoms. The van der Waals surface area contributed by atoms with Gasteiger partial charge in [0.2, 0.25) is 0 Å². The van der Waals surface area contributed by atoms with Crippen LogP contribution in [0.25, 0.3) is 0 Å². The molecule has 0 fully saturated rings. The van der Waals surface area contributed by atoms with Crippen molar-refractivity contribution in [1.29, 1.82) is 0 Å². The summed E-state index contributed by atoms with van der Waals surface area (Å²) in [6.45, 7) is 6.51.